The first kappa shape index (κ1) is 26.1. The van der Waals surface area contributed by atoms with Crippen molar-refractivity contribution in [2.24, 2.45) is 10.9 Å². The number of aromatic nitrogens is 1. The van der Waals surface area contributed by atoms with E-state index in [9.17, 15) is 22.4 Å². The molecule has 0 saturated carbocycles. The minimum Gasteiger partial charge on any atom is -0.383 e. The van der Waals surface area contributed by atoms with Crippen molar-refractivity contribution in [3.8, 4) is 0 Å². The zero-order valence-corrected chi connectivity index (χ0v) is 21.6. The molecule has 9 nitrogen and oxygen atoms in total. The normalized spacial score (nSPS) is 17.4. The Labute approximate surface area is 212 Å². The van der Waals surface area contributed by atoms with E-state index < -0.39 is 27.7 Å². The highest BCUT2D eigenvalue weighted by molar-refractivity contribution is 7.89. The van der Waals surface area contributed by atoms with Gasteiger partial charge in [0.2, 0.25) is 15.9 Å². The molecule has 1 fully saturated rings. The van der Waals surface area contributed by atoms with Crippen molar-refractivity contribution in [1.29, 1.82) is 0 Å². The standard InChI is InChI=1S/C24H27FN4O5S2/c1-16(30)26-19-7-10-21-22(14-19)35-24(29(21)12-13-34-2)27-23(31)17-4-3-11-28(15-17)36(32,33)20-8-5-18(25)6-9-20/h5-10,14,17H,3-4,11-13,15H2,1-2H3,(H,26,30). The molecule has 1 saturated heterocycles. The Morgan fingerprint density at radius 2 is 1.97 bits per heavy atom. The second-order valence-corrected chi connectivity index (χ2v) is 11.4. The second kappa shape index (κ2) is 11.0. The first-order valence-electron chi connectivity index (χ1n) is 11.4. The topological polar surface area (TPSA) is 110 Å². The predicted octanol–water partition coefficient (Wildman–Crippen LogP) is 2.97. The summed E-state index contributed by atoms with van der Waals surface area (Å²) < 4.78 is 48.6. The van der Waals surface area contributed by atoms with Gasteiger partial charge in [0.25, 0.3) is 5.91 Å². The second-order valence-electron chi connectivity index (χ2n) is 8.50. The molecule has 4 rings (SSSR count). The molecule has 1 N–H and O–H groups in total. The Morgan fingerprint density at radius 3 is 2.67 bits per heavy atom. The Hall–Kier alpha value is -2.93. The fourth-order valence-electron chi connectivity index (χ4n) is 4.14. The number of nitrogens with one attached hydrogen (secondary N) is 1. The number of ether oxygens (including phenoxy) is 1. The number of sulfonamides is 1. The Morgan fingerprint density at radius 1 is 1.22 bits per heavy atom. The molecule has 192 valence electrons. The molecule has 0 radical (unpaired) electrons. The molecular weight excluding hydrogens is 507 g/mol. The lowest BCUT2D eigenvalue weighted by Gasteiger charge is -2.30. The van der Waals surface area contributed by atoms with Crippen LogP contribution in [0.5, 0.6) is 0 Å². The molecular formula is C24H27FN4O5S2. The van der Waals surface area contributed by atoms with E-state index in [1.54, 1.807) is 13.2 Å². The van der Waals surface area contributed by atoms with E-state index in [1.165, 1.54) is 34.7 Å². The van der Waals surface area contributed by atoms with Gasteiger partial charge in [-0.2, -0.15) is 9.30 Å². The molecule has 1 aromatic heterocycles. The number of fused-ring (bicyclic) bond motifs is 1. The van der Waals surface area contributed by atoms with Gasteiger partial charge in [-0.25, -0.2) is 12.8 Å². The van der Waals surface area contributed by atoms with Gasteiger partial charge in [-0.05, 0) is 55.3 Å². The Balaban J connectivity index is 1.63. The van der Waals surface area contributed by atoms with E-state index in [-0.39, 0.29) is 23.9 Å². The molecule has 1 aliphatic heterocycles. The molecule has 1 atom stereocenters. The molecule has 2 heterocycles. The largest absolute Gasteiger partial charge is 0.383 e. The number of thiazole rings is 1. The third kappa shape index (κ3) is 5.72. The molecule has 2 aromatic carbocycles. The summed E-state index contributed by atoms with van der Waals surface area (Å²) >= 11 is 1.31. The van der Waals surface area contributed by atoms with Crippen LogP contribution in [0.25, 0.3) is 10.2 Å². The van der Waals surface area contributed by atoms with E-state index in [0.29, 0.717) is 36.5 Å². The van der Waals surface area contributed by atoms with Crippen LogP contribution >= 0.6 is 11.3 Å². The van der Waals surface area contributed by atoms with Crippen molar-refractivity contribution >= 4 is 49.1 Å². The Bertz CT molecular complexity index is 1450. The first-order valence-corrected chi connectivity index (χ1v) is 13.7. The summed E-state index contributed by atoms with van der Waals surface area (Å²) in [6.07, 6.45) is 1.04. The van der Waals surface area contributed by atoms with Gasteiger partial charge in [0.15, 0.2) is 4.80 Å². The summed E-state index contributed by atoms with van der Waals surface area (Å²) in [7, 11) is -2.27. The third-order valence-corrected chi connectivity index (χ3v) is 8.83. The van der Waals surface area contributed by atoms with Crippen LogP contribution in [0.1, 0.15) is 19.8 Å². The maximum atomic E-state index is 13.3. The molecule has 0 aliphatic carbocycles. The monoisotopic (exact) mass is 534 g/mol. The maximum absolute atomic E-state index is 13.3. The minimum atomic E-state index is -3.85. The SMILES string of the molecule is COCCn1c(=NC(=O)C2CCCN(S(=O)(=O)c3ccc(F)cc3)C2)sc2cc(NC(C)=O)ccc21. The summed E-state index contributed by atoms with van der Waals surface area (Å²) in [5.74, 6) is -1.69. The number of rotatable bonds is 7. The van der Waals surface area contributed by atoms with Crippen molar-refractivity contribution < 1.29 is 27.1 Å². The molecule has 12 heteroatoms. The summed E-state index contributed by atoms with van der Waals surface area (Å²) in [4.78, 5) is 29.5. The lowest BCUT2D eigenvalue weighted by Crippen LogP contribution is -2.42. The number of nitrogens with zero attached hydrogens (tertiary/aromatic N) is 3. The van der Waals surface area contributed by atoms with E-state index in [1.807, 2.05) is 16.7 Å². The van der Waals surface area contributed by atoms with Crippen molar-refractivity contribution in [2.45, 2.75) is 31.2 Å². The molecule has 3 aromatic rings. The van der Waals surface area contributed by atoms with Crippen molar-refractivity contribution in [2.75, 3.05) is 32.1 Å². The predicted molar refractivity (Wildman–Crippen MR) is 134 cm³/mol. The lowest BCUT2D eigenvalue weighted by atomic mass is 9.99. The van der Waals surface area contributed by atoms with Crippen molar-refractivity contribution in [3.63, 3.8) is 0 Å². The highest BCUT2D eigenvalue weighted by Crippen LogP contribution is 2.26. The number of amides is 2. The number of hydrogen-bond donors (Lipinski definition) is 1. The van der Waals surface area contributed by atoms with Gasteiger partial charge in [0.1, 0.15) is 5.82 Å². The number of carbonyl (C=O) groups excluding carboxylic acids is 2. The Kier molecular flexibility index (Phi) is 7.98. The molecule has 36 heavy (non-hydrogen) atoms. The molecule has 1 aliphatic rings. The summed E-state index contributed by atoms with van der Waals surface area (Å²) in [6, 6.07) is 10.1. The van der Waals surface area contributed by atoms with Gasteiger partial charge >= 0.3 is 0 Å². The average Bonchev–Trinajstić information content (AvgIpc) is 3.18. The number of anilines is 1. The molecule has 0 bridgehead atoms. The first-order chi connectivity index (χ1) is 17.2. The van der Waals surface area contributed by atoms with Crippen LogP contribution in [0.15, 0.2) is 52.4 Å². The van der Waals surface area contributed by atoms with Crippen LogP contribution in [0.2, 0.25) is 0 Å². The highest BCUT2D eigenvalue weighted by atomic mass is 32.2. The van der Waals surface area contributed by atoms with Gasteiger partial charge in [0, 0.05) is 39.4 Å². The number of hydrogen-bond acceptors (Lipinski definition) is 6. The van der Waals surface area contributed by atoms with Gasteiger partial charge in [-0.3, -0.25) is 9.59 Å². The summed E-state index contributed by atoms with van der Waals surface area (Å²) in [6.45, 7) is 2.61. The van der Waals surface area contributed by atoms with Crippen LogP contribution in [0, 0.1) is 11.7 Å². The van der Waals surface area contributed by atoms with Crippen LogP contribution < -0.4 is 10.1 Å². The molecule has 0 spiro atoms. The summed E-state index contributed by atoms with van der Waals surface area (Å²) in [5, 5.41) is 2.75. The quantitative estimate of drug-likeness (QED) is 0.501. The zero-order valence-electron chi connectivity index (χ0n) is 19.9. The van der Waals surface area contributed by atoms with Crippen LogP contribution in [-0.2, 0) is 30.9 Å². The number of piperidine rings is 1. The van der Waals surface area contributed by atoms with Crippen molar-refractivity contribution in [1.82, 2.24) is 8.87 Å². The average molecular weight is 535 g/mol. The van der Waals surface area contributed by atoms with E-state index in [0.717, 1.165) is 22.3 Å². The van der Waals surface area contributed by atoms with Gasteiger partial charge < -0.3 is 14.6 Å². The van der Waals surface area contributed by atoms with Gasteiger partial charge in [-0.1, -0.05) is 11.3 Å². The van der Waals surface area contributed by atoms with Crippen LogP contribution in [0.3, 0.4) is 0 Å². The van der Waals surface area contributed by atoms with E-state index in [2.05, 4.69) is 10.3 Å². The number of benzene rings is 2. The smallest absolute Gasteiger partial charge is 0.252 e. The molecule has 1 unspecified atom stereocenters. The van der Waals surface area contributed by atoms with Crippen LogP contribution in [-0.4, -0.2) is 55.9 Å². The zero-order chi connectivity index (χ0) is 25.9. The highest BCUT2D eigenvalue weighted by Gasteiger charge is 2.33. The number of halogens is 1. The fourth-order valence-corrected chi connectivity index (χ4v) is 6.77. The number of methoxy groups -OCH3 is 1. The maximum Gasteiger partial charge on any atom is 0.252 e. The molecule has 2 amide bonds. The van der Waals surface area contributed by atoms with Crippen molar-refractivity contribution in [3.05, 3.63) is 53.1 Å². The van der Waals surface area contributed by atoms with Crippen LogP contribution in [0.4, 0.5) is 10.1 Å². The van der Waals surface area contributed by atoms with E-state index in [4.69, 9.17) is 4.74 Å². The van der Waals surface area contributed by atoms with Gasteiger partial charge in [0.05, 0.1) is 27.6 Å². The third-order valence-electron chi connectivity index (χ3n) is 5.91. The number of carbonyl (C=O) groups is 2. The fraction of sp³-hybridized carbons (Fsp3) is 0.375. The van der Waals surface area contributed by atoms with Gasteiger partial charge in [-0.15, -0.1) is 0 Å². The summed E-state index contributed by atoms with van der Waals surface area (Å²) in [5.41, 5.74) is 1.49. The lowest BCUT2D eigenvalue weighted by molar-refractivity contribution is -0.123. The van der Waals surface area contributed by atoms with E-state index >= 15 is 0 Å². The minimum absolute atomic E-state index is 0.00849.